The van der Waals surface area contributed by atoms with E-state index < -0.39 is 30.3 Å². The highest BCUT2D eigenvalue weighted by Gasteiger charge is 2.56. The van der Waals surface area contributed by atoms with Gasteiger partial charge in [0.2, 0.25) is 0 Å². The molecule has 3 nitrogen and oxygen atoms in total. The van der Waals surface area contributed by atoms with E-state index in [0.29, 0.717) is 25.0 Å². The molecule has 1 aliphatic rings. The summed E-state index contributed by atoms with van der Waals surface area (Å²) in [6.07, 6.45) is -2.51. The summed E-state index contributed by atoms with van der Waals surface area (Å²) >= 11 is 0. The Labute approximate surface area is 242 Å². The van der Waals surface area contributed by atoms with Gasteiger partial charge in [0.25, 0.3) is 0 Å². The predicted molar refractivity (Wildman–Crippen MR) is 158 cm³/mol. The quantitative estimate of drug-likeness (QED) is 0.186. The van der Waals surface area contributed by atoms with Crippen LogP contribution in [0.4, 0.5) is 8.78 Å². The van der Waals surface area contributed by atoms with E-state index in [9.17, 15) is 0 Å². The largest absolute Gasteiger partial charge is 0.370 e. The van der Waals surface area contributed by atoms with Crippen LogP contribution in [0, 0.1) is 5.92 Å². The Morgan fingerprint density at radius 3 is 1.71 bits per heavy atom. The first kappa shape index (κ1) is 29.1. The van der Waals surface area contributed by atoms with Gasteiger partial charge in [-0.15, -0.1) is 0 Å². The summed E-state index contributed by atoms with van der Waals surface area (Å²) in [6, 6.07) is 35.9. The molecule has 1 saturated heterocycles. The van der Waals surface area contributed by atoms with Crippen molar-refractivity contribution >= 4 is 0 Å². The lowest BCUT2D eigenvalue weighted by Crippen LogP contribution is -2.60. The first-order chi connectivity index (χ1) is 20.0. The molecule has 0 amide bonds. The first-order valence-corrected chi connectivity index (χ1v) is 14.4. The zero-order chi connectivity index (χ0) is 28.7. The second kappa shape index (κ2) is 13.5. The predicted octanol–water partition coefficient (Wildman–Crippen LogP) is 8.35. The Morgan fingerprint density at radius 1 is 0.659 bits per heavy atom. The van der Waals surface area contributed by atoms with Crippen molar-refractivity contribution in [1.82, 2.24) is 0 Å². The molecule has 41 heavy (non-hydrogen) atoms. The van der Waals surface area contributed by atoms with Crippen molar-refractivity contribution in [3.63, 3.8) is 0 Å². The van der Waals surface area contributed by atoms with Crippen molar-refractivity contribution in [2.75, 3.05) is 0 Å². The summed E-state index contributed by atoms with van der Waals surface area (Å²) < 4.78 is 52.9. The van der Waals surface area contributed by atoms with E-state index in [0.717, 1.165) is 16.7 Å². The van der Waals surface area contributed by atoms with Crippen LogP contribution in [-0.2, 0) is 39.8 Å². The van der Waals surface area contributed by atoms with Gasteiger partial charge in [-0.05, 0) is 35.1 Å². The maximum Gasteiger partial charge on any atom is 0.301 e. The zero-order valence-corrected chi connectivity index (χ0v) is 23.7. The second-order valence-corrected chi connectivity index (χ2v) is 10.8. The van der Waals surface area contributed by atoms with Gasteiger partial charge < -0.3 is 14.2 Å². The van der Waals surface area contributed by atoms with Crippen molar-refractivity contribution in [3.8, 4) is 0 Å². The normalized spacial score (nSPS) is 22.9. The van der Waals surface area contributed by atoms with Crippen LogP contribution in [0.1, 0.15) is 48.1 Å². The molecular weight excluding hydrogens is 518 g/mol. The molecular formula is C36H38F2O3. The highest BCUT2D eigenvalue weighted by molar-refractivity contribution is 5.36. The van der Waals surface area contributed by atoms with Gasteiger partial charge in [0, 0.05) is 11.5 Å². The Balaban J connectivity index is 1.50. The number of halogens is 2. The highest BCUT2D eigenvalue weighted by Crippen LogP contribution is 2.45. The van der Waals surface area contributed by atoms with Crippen LogP contribution in [0.25, 0.3) is 0 Å². The number of benzene rings is 4. The van der Waals surface area contributed by atoms with Gasteiger partial charge in [0.05, 0.1) is 25.4 Å². The van der Waals surface area contributed by atoms with Crippen LogP contribution in [0.15, 0.2) is 115 Å². The molecule has 4 aromatic rings. The fraction of sp³-hybridized carbons (Fsp3) is 0.333. The Kier molecular flexibility index (Phi) is 9.60. The lowest BCUT2D eigenvalue weighted by atomic mass is 9.82. The highest BCUT2D eigenvalue weighted by atomic mass is 19.3. The van der Waals surface area contributed by atoms with Gasteiger partial charge >= 0.3 is 5.92 Å². The third-order valence-electron chi connectivity index (χ3n) is 7.99. The monoisotopic (exact) mass is 556 g/mol. The number of hydrogen-bond acceptors (Lipinski definition) is 3. The van der Waals surface area contributed by atoms with Crippen molar-refractivity contribution in [2.45, 2.75) is 70.2 Å². The number of ether oxygens (including phenoxy) is 3. The minimum absolute atomic E-state index is 0.0339. The molecule has 5 atom stereocenters. The van der Waals surface area contributed by atoms with E-state index in [1.807, 2.05) is 111 Å². The minimum atomic E-state index is -3.32. The molecule has 5 rings (SSSR count). The van der Waals surface area contributed by atoms with Gasteiger partial charge in [0.15, 0.2) is 6.10 Å². The Morgan fingerprint density at radius 2 is 1.15 bits per heavy atom. The van der Waals surface area contributed by atoms with E-state index in [1.165, 1.54) is 6.07 Å². The summed E-state index contributed by atoms with van der Waals surface area (Å²) in [5, 5.41) is 0. The number of alkyl halides is 2. The van der Waals surface area contributed by atoms with Crippen molar-refractivity contribution < 1.29 is 23.0 Å². The van der Waals surface area contributed by atoms with Crippen molar-refractivity contribution in [1.29, 1.82) is 0 Å². The van der Waals surface area contributed by atoms with Crippen LogP contribution in [0.2, 0.25) is 0 Å². The molecule has 214 valence electrons. The molecule has 0 aromatic heterocycles. The molecule has 5 heteroatoms. The van der Waals surface area contributed by atoms with Crippen molar-refractivity contribution in [3.05, 3.63) is 143 Å². The minimum Gasteiger partial charge on any atom is -0.370 e. The molecule has 1 fully saturated rings. The van der Waals surface area contributed by atoms with Gasteiger partial charge in [-0.25, -0.2) is 0 Å². The summed E-state index contributed by atoms with van der Waals surface area (Å²) in [7, 11) is 0. The summed E-state index contributed by atoms with van der Waals surface area (Å²) in [6.45, 7) is 4.47. The van der Waals surface area contributed by atoms with E-state index in [1.54, 1.807) is 12.1 Å². The van der Waals surface area contributed by atoms with Gasteiger partial charge in [-0.2, -0.15) is 8.78 Å². The van der Waals surface area contributed by atoms with Crippen LogP contribution >= 0.6 is 0 Å². The topological polar surface area (TPSA) is 27.7 Å². The number of rotatable bonds is 11. The maximum absolute atomic E-state index is 16.9. The second-order valence-electron chi connectivity index (χ2n) is 10.8. The summed E-state index contributed by atoms with van der Waals surface area (Å²) in [5.41, 5.74) is 3.40. The van der Waals surface area contributed by atoms with Gasteiger partial charge in [0.1, 0.15) is 6.10 Å². The Hall–Kier alpha value is -3.38. The summed E-state index contributed by atoms with van der Waals surface area (Å²) in [5.74, 6) is -3.47. The molecule has 0 bridgehead atoms. The SMILES string of the molecule is CC[C@H]1O[C@@H](C(F)(F)c2ccccc2Cc2ccccc2)[C@H](OCc2ccccc2)[C@@H](OCc2ccccc2)[C@@H]1C. The van der Waals surface area contributed by atoms with Gasteiger partial charge in [-0.3, -0.25) is 0 Å². The molecule has 1 heterocycles. The van der Waals surface area contributed by atoms with E-state index >= 15 is 8.78 Å². The summed E-state index contributed by atoms with van der Waals surface area (Å²) in [4.78, 5) is 0. The average molecular weight is 557 g/mol. The lowest BCUT2D eigenvalue weighted by Gasteiger charge is -2.47. The molecule has 1 aliphatic heterocycles. The van der Waals surface area contributed by atoms with Gasteiger partial charge in [-0.1, -0.05) is 129 Å². The molecule has 0 radical (unpaired) electrons. The van der Waals surface area contributed by atoms with E-state index in [4.69, 9.17) is 14.2 Å². The third-order valence-corrected chi connectivity index (χ3v) is 7.99. The molecule has 0 spiro atoms. The fourth-order valence-electron chi connectivity index (χ4n) is 5.76. The van der Waals surface area contributed by atoms with E-state index in [2.05, 4.69) is 0 Å². The molecule has 0 unspecified atom stereocenters. The van der Waals surface area contributed by atoms with E-state index in [-0.39, 0.29) is 18.1 Å². The van der Waals surface area contributed by atoms with Crippen LogP contribution in [0.3, 0.4) is 0 Å². The zero-order valence-electron chi connectivity index (χ0n) is 23.7. The van der Waals surface area contributed by atoms with Crippen LogP contribution in [0.5, 0.6) is 0 Å². The number of hydrogen-bond donors (Lipinski definition) is 0. The smallest absolute Gasteiger partial charge is 0.301 e. The molecule has 0 saturated carbocycles. The standard InChI is InChI=1S/C36H38F2O3/c1-3-32-26(2)33(39-24-28-17-9-5-10-18-28)34(40-25-29-19-11-6-12-20-29)35(41-32)36(37,38)31-22-14-13-21-30(31)23-27-15-7-4-8-16-27/h4-22,26,32-35H,3,23-25H2,1-2H3/t26-,32-,33+,34-,35-/m1/s1. The average Bonchev–Trinajstić information content (AvgIpc) is 3.01. The molecule has 0 aliphatic carbocycles. The fourth-order valence-corrected chi connectivity index (χ4v) is 5.76. The van der Waals surface area contributed by atoms with Crippen molar-refractivity contribution in [2.24, 2.45) is 5.92 Å². The molecule has 4 aromatic carbocycles. The van der Waals surface area contributed by atoms with Crippen LogP contribution < -0.4 is 0 Å². The van der Waals surface area contributed by atoms with Crippen LogP contribution in [-0.4, -0.2) is 24.4 Å². The lowest BCUT2D eigenvalue weighted by molar-refractivity contribution is -0.287. The molecule has 0 N–H and O–H groups in total. The first-order valence-electron chi connectivity index (χ1n) is 14.4. The maximum atomic E-state index is 16.9. The third kappa shape index (κ3) is 6.92. The Bertz CT molecular complexity index is 1350.